The second-order valence-electron chi connectivity index (χ2n) is 4.68. The van der Waals surface area contributed by atoms with Gasteiger partial charge in [-0.3, -0.25) is 4.79 Å². The van der Waals surface area contributed by atoms with Crippen molar-refractivity contribution >= 4 is 34.8 Å². The van der Waals surface area contributed by atoms with Crippen LogP contribution in [-0.4, -0.2) is 22.8 Å². The molecule has 1 aromatic heterocycles. The predicted octanol–water partition coefficient (Wildman–Crippen LogP) is 2.95. The molecule has 0 bridgehead atoms. The van der Waals surface area contributed by atoms with Crippen LogP contribution in [0.25, 0.3) is 0 Å². The van der Waals surface area contributed by atoms with E-state index in [-0.39, 0.29) is 0 Å². The topological polar surface area (TPSA) is 59.2 Å². The van der Waals surface area contributed by atoms with Gasteiger partial charge in [0, 0.05) is 3.57 Å². The van der Waals surface area contributed by atoms with Crippen molar-refractivity contribution in [1.82, 2.24) is 4.98 Å². The van der Waals surface area contributed by atoms with Crippen LogP contribution in [0.3, 0.4) is 0 Å². The summed E-state index contributed by atoms with van der Waals surface area (Å²) in [7, 11) is 0. The Morgan fingerprint density at radius 3 is 2.47 bits per heavy atom. The van der Waals surface area contributed by atoms with Crippen LogP contribution in [0, 0.1) is 3.57 Å². The summed E-state index contributed by atoms with van der Waals surface area (Å²) in [6.07, 6.45) is 1.39. The minimum atomic E-state index is -0.542. The number of halogens is 1. The molecule has 0 unspecified atom stereocenters. The predicted molar refractivity (Wildman–Crippen MR) is 73.4 cm³/mol. The number of aromatic nitrogens is 1. The van der Waals surface area contributed by atoms with Gasteiger partial charge in [0.2, 0.25) is 0 Å². The van der Waals surface area contributed by atoms with E-state index in [9.17, 15) is 9.59 Å². The molecule has 1 N–H and O–H groups in total. The Labute approximate surface area is 114 Å². The number of esters is 1. The molecule has 0 amide bonds. The molecular formula is C12H16INO3. The lowest BCUT2D eigenvalue weighted by Gasteiger charge is -2.19. The lowest BCUT2D eigenvalue weighted by atomic mass is 10.1. The molecule has 1 rings (SSSR count). The number of H-pyrrole nitrogens is 1. The molecule has 5 heteroatoms. The zero-order chi connectivity index (χ0) is 13.2. The van der Waals surface area contributed by atoms with Gasteiger partial charge in [0.25, 0.3) is 0 Å². The number of rotatable bonds is 3. The van der Waals surface area contributed by atoms with Crippen molar-refractivity contribution in [1.29, 1.82) is 0 Å². The van der Waals surface area contributed by atoms with E-state index in [1.807, 2.05) is 27.7 Å². The Bertz CT molecular complexity index is 443. The molecule has 1 heterocycles. The zero-order valence-corrected chi connectivity index (χ0v) is 12.5. The average Bonchev–Trinajstić information content (AvgIpc) is 2.52. The summed E-state index contributed by atoms with van der Waals surface area (Å²) in [5.41, 5.74) is 1.11. The maximum absolute atomic E-state index is 11.9. The molecule has 0 aliphatic carbocycles. The third kappa shape index (κ3) is 3.31. The highest BCUT2D eigenvalue weighted by atomic mass is 127. The number of carbonyl (C=O) groups is 2. The van der Waals surface area contributed by atoms with Crippen molar-refractivity contribution in [3.05, 3.63) is 20.5 Å². The summed E-state index contributed by atoms with van der Waals surface area (Å²) in [6, 6.07) is 0. The zero-order valence-electron chi connectivity index (χ0n) is 10.4. The molecule has 0 fully saturated rings. The van der Waals surface area contributed by atoms with E-state index in [0.29, 0.717) is 17.8 Å². The van der Waals surface area contributed by atoms with Gasteiger partial charge >= 0.3 is 5.97 Å². The molecule has 17 heavy (non-hydrogen) atoms. The highest BCUT2D eigenvalue weighted by molar-refractivity contribution is 14.1. The summed E-state index contributed by atoms with van der Waals surface area (Å²) in [6.45, 7) is 7.37. The molecule has 0 radical (unpaired) electrons. The molecule has 0 spiro atoms. The van der Waals surface area contributed by atoms with E-state index in [2.05, 4.69) is 27.6 Å². The Hall–Kier alpha value is -0.850. The highest BCUT2D eigenvalue weighted by Crippen LogP contribution is 2.23. The average molecular weight is 349 g/mol. The number of carbonyl (C=O) groups excluding carboxylic acids is 2. The number of hydrogen-bond acceptors (Lipinski definition) is 3. The van der Waals surface area contributed by atoms with E-state index in [4.69, 9.17) is 4.74 Å². The van der Waals surface area contributed by atoms with Crippen molar-refractivity contribution in [2.45, 2.75) is 39.7 Å². The molecule has 0 saturated carbocycles. The maximum atomic E-state index is 11.9. The maximum Gasteiger partial charge on any atom is 0.355 e. The van der Waals surface area contributed by atoms with Crippen LogP contribution >= 0.6 is 22.6 Å². The monoisotopic (exact) mass is 349 g/mol. The number of aromatic amines is 1. The number of hydrogen-bond donors (Lipinski definition) is 1. The lowest BCUT2D eigenvalue weighted by molar-refractivity contribution is 0.00624. The number of ether oxygens (including phenoxy) is 1. The van der Waals surface area contributed by atoms with Gasteiger partial charge < -0.3 is 9.72 Å². The van der Waals surface area contributed by atoms with Crippen LogP contribution in [-0.2, 0) is 11.2 Å². The van der Waals surface area contributed by atoms with Gasteiger partial charge in [-0.2, -0.15) is 0 Å². The van der Waals surface area contributed by atoms with E-state index in [1.54, 1.807) is 0 Å². The third-order valence-electron chi connectivity index (χ3n) is 2.14. The van der Waals surface area contributed by atoms with E-state index in [0.717, 1.165) is 15.4 Å². The fraction of sp³-hybridized carbons (Fsp3) is 0.500. The molecule has 0 atom stereocenters. The van der Waals surface area contributed by atoms with E-state index in [1.165, 1.54) is 0 Å². The number of aldehydes is 1. The minimum absolute atomic E-state index is 0.383. The van der Waals surface area contributed by atoms with Crippen LogP contribution in [0.15, 0.2) is 0 Å². The van der Waals surface area contributed by atoms with Gasteiger partial charge in [-0.15, -0.1) is 0 Å². The summed E-state index contributed by atoms with van der Waals surface area (Å²) in [5, 5.41) is 0. The summed E-state index contributed by atoms with van der Waals surface area (Å²) >= 11 is 2.06. The van der Waals surface area contributed by atoms with Crippen LogP contribution in [0.1, 0.15) is 54.2 Å². The Morgan fingerprint density at radius 2 is 2.06 bits per heavy atom. The lowest BCUT2D eigenvalue weighted by Crippen LogP contribution is -2.24. The van der Waals surface area contributed by atoms with Crippen LogP contribution < -0.4 is 0 Å². The van der Waals surface area contributed by atoms with Gasteiger partial charge in [0.1, 0.15) is 11.3 Å². The smallest absolute Gasteiger partial charge is 0.355 e. The Balaban J connectivity index is 3.13. The summed E-state index contributed by atoms with van der Waals surface area (Å²) in [4.78, 5) is 25.6. The van der Waals surface area contributed by atoms with Crippen LogP contribution in [0.2, 0.25) is 0 Å². The largest absolute Gasteiger partial charge is 0.455 e. The first kappa shape index (κ1) is 14.2. The van der Waals surface area contributed by atoms with Gasteiger partial charge in [0.15, 0.2) is 6.29 Å². The molecule has 1 aromatic rings. The molecule has 0 saturated heterocycles. The Morgan fingerprint density at radius 1 is 1.47 bits per heavy atom. The van der Waals surface area contributed by atoms with Crippen LogP contribution in [0.5, 0.6) is 0 Å². The minimum Gasteiger partial charge on any atom is -0.455 e. The SMILES string of the molecule is CCc1c(C(=O)OC(C)(C)C)[nH]c(C=O)c1I. The summed E-state index contributed by atoms with van der Waals surface area (Å²) < 4.78 is 6.08. The van der Waals surface area contributed by atoms with Crippen molar-refractivity contribution in [2.24, 2.45) is 0 Å². The van der Waals surface area contributed by atoms with E-state index >= 15 is 0 Å². The first-order valence-corrected chi connectivity index (χ1v) is 6.47. The second kappa shape index (κ2) is 5.20. The van der Waals surface area contributed by atoms with Gasteiger partial charge in [-0.25, -0.2) is 4.79 Å². The fourth-order valence-electron chi connectivity index (χ4n) is 1.45. The normalized spacial score (nSPS) is 11.4. The number of nitrogens with one attached hydrogen (secondary N) is 1. The molecule has 0 aromatic carbocycles. The second-order valence-corrected chi connectivity index (χ2v) is 5.76. The molecular weight excluding hydrogens is 333 g/mol. The standard InChI is InChI=1S/C12H16INO3/c1-5-7-9(13)8(6-15)14-10(7)11(16)17-12(2,3)4/h6,14H,5H2,1-4H3. The van der Waals surface area contributed by atoms with Crippen LogP contribution in [0.4, 0.5) is 0 Å². The van der Waals surface area contributed by atoms with E-state index < -0.39 is 11.6 Å². The van der Waals surface area contributed by atoms with Gasteiger partial charge in [-0.1, -0.05) is 6.92 Å². The van der Waals surface area contributed by atoms with Gasteiger partial charge in [0.05, 0.1) is 5.69 Å². The highest BCUT2D eigenvalue weighted by Gasteiger charge is 2.24. The third-order valence-corrected chi connectivity index (χ3v) is 3.37. The quantitative estimate of drug-likeness (QED) is 0.519. The molecule has 0 aliphatic rings. The van der Waals surface area contributed by atoms with Gasteiger partial charge in [-0.05, 0) is 55.3 Å². The molecule has 94 valence electrons. The first-order chi connectivity index (χ1) is 7.80. The van der Waals surface area contributed by atoms with Crippen molar-refractivity contribution < 1.29 is 14.3 Å². The molecule has 0 aliphatic heterocycles. The Kier molecular flexibility index (Phi) is 4.35. The van der Waals surface area contributed by atoms with Crippen molar-refractivity contribution in [3.8, 4) is 0 Å². The molecule has 4 nitrogen and oxygen atoms in total. The van der Waals surface area contributed by atoms with Crippen molar-refractivity contribution in [3.63, 3.8) is 0 Å². The van der Waals surface area contributed by atoms with Crippen molar-refractivity contribution in [2.75, 3.05) is 0 Å². The summed E-state index contributed by atoms with van der Waals surface area (Å²) in [5.74, 6) is -0.416. The first-order valence-electron chi connectivity index (χ1n) is 5.39. The fourth-order valence-corrected chi connectivity index (χ4v) is 2.37.